The van der Waals surface area contributed by atoms with E-state index in [2.05, 4.69) is 10.6 Å². The van der Waals surface area contributed by atoms with Crippen LogP contribution in [0.15, 0.2) is 42.5 Å². The van der Waals surface area contributed by atoms with Crippen molar-refractivity contribution in [2.75, 3.05) is 18.4 Å². The summed E-state index contributed by atoms with van der Waals surface area (Å²) in [6, 6.07) is 6.02. The van der Waals surface area contributed by atoms with Crippen LogP contribution in [-0.2, 0) is 37.7 Å². The fourth-order valence-electron chi connectivity index (χ4n) is 4.82. The maximum Gasteiger partial charge on any atom is 0.418 e. The largest absolute Gasteiger partial charge is 0.481 e. The Morgan fingerprint density at radius 3 is 2.48 bits per heavy atom. The molecule has 1 aliphatic carbocycles. The molecule has 1 aliphatic heterocycles. The number of nitrogens with one attached hydrogen (secondary N) is 2. The van der Waals surface area contributed by atoms with Gasteiger partial charge in [0.2, 0.25) is 11.5 Å². The minimum Gasteiger partial charge on any atom is -0.481 e. The molecule has 2 aliphatic rings. The van der Waals surface area contributed by atoms with Gasteiger partial charge in [-0.3, -0.25) is 14.4 Å². The molecule has 15 heteroatoms. The van der Waals surface area contributed by atoms with Gasteiger partial charge >= 0.3 is 24.3 Å². The molecule has 1 saturated heterocycles. The van der Waals surface area contributed by atoms with Gasteiger partial charge in [-0.05, 0) is 48.7 Å². The highest BCUT2D eigenvalue weighted by atomic mass is 19.4. The molecule has 1 heterocycles. The third-order valence-electron chi connectivity index (χ3n) is 7.06. The van der Waals surface area contributed by atoms with Gasteiger partial charge < -0.3 is 25.4 Å². The summed E-state index contributed by atoms with van der Waals surface area (Å²) in [7, 11) is 0. The number of hydrogen-bond acceptors (Lipinski definition) is 6. The van der Waals surface area contributed by atoms with Crippen LogP contribution in [-0.4, -0.2) is 70.1 Å². The van der Waals surface area contributed by atoms with Crippen LogP contribution in [0.3, 0.4) is 0 Å². The van der Waals surface area contributed by atoms with E-state index < -0.39 is 66.6 Å². The number of hydrogen-bond donors (Lipinski definition) is 3. The Bertz CT molecular complexity index is 1420. The van der Waals surface area contributed by atoms with Gasteiger partial charge in [-0.15, -0.1) is 0 Å². The van der Waals surface area contributed by atoms with Crippen molar-refractivity contribution in [2.24, 2.45) is 0 Å². The average molecular weight is 595 g/mol. The maximum absolute atomic E-state index is 13.6. The van der Waals surface area contributed by atoms with Crippen molar-refractivity contribution in [1.82, 2.24) is 15.1 Å². The summed E-state index contributed by atoms with van der Waals surface area (Å²) in [6.07, 6.45) is -6.04. The number of anilines is 1. The topological polar surface area (TPSA) is 145 Å². The molecule has 4 rings (SSSR count). The molecule has 2 aromatic carbocycles. The Kier molecular flexibility index (Phi) is 8.40. The average Bonchev–Trinajstić information content (AvgIpc) is 3.38. The lowest BCUT2D eigenvalue weighted by molar-refractivity contribution is -0.187. The normalized spacial score (nSPS) is 18.5. The lowest BCUT2D eigenvalue weighted by Crippen LogP contribution is -2.51. The van der Waals surface area contributed by atoms with Crippen LogP contribution in [0.25, 0.3) is 0 Å². The third kappa shape index (κ3) is 6.29. The number of benzene rings is 2. The summed E-state index contributed by atoms with van der Waals surface area (Å²) in [6.45, 7) is -0.896. The van der Waals surface area contributed by atoms with Crippen molar-refractivity contribution in [3.05, 3.63) is 65.0 Å². The summed E-state index contributed by atoms with van der Waals surface area (Å²) in [5.74, 6) is -3.78. The van der Waals surface area contributed by atoms with Crippen molar-refractivity contribution in [1.29, 1.82) is 0 Å². The van der Waals surface area contributed by atoms with E-state index >= 15 is 0 Å². The lowest BCUT2D eigenvalue weighted by atomic mass is 9.94. The fourth-order valence-corrected chi connectivity index (χ4v) is 4.82. The number of aliphatic carboxylic acids is 1. The van der Waals surface area contributed by atoms with Gasteiger partial charge in [-0.25, -0.2) is 18.9 Å². The van der Waals surface area contributed by atoms with Crippen LogP contribution in [0, 0.1) is 5.82 Å². The number of carbonyl (C=O) groups excluding carboxylic acids is 4. The monoisotopic (exact) mass is 594 g/mol. The van der Waals surface area contributed by atoms with Crippen molar-refractivity contribution in [3.8, 4) is 0 Å². The third-order valence-corrected chi connectivity index (χ3v) is 7.06. The van der Waals surface area contributed by atoms with Crippen LogP contribution >= 0.6 is 0 Å². The predicted molar refractivity (Wildman–Crippen MR) is 136 cm³/mol. The van der Waals surface area contributed by atoms with Crippen molar-refractivity contribution >= 4 is 35.6 Å². The number of amides is 5. The number of aryl methyl sites for hydroxylation is 1. The maximum atomic E-state index is 13.6. The van der Waals surface area contributed by atoms with Crippen molar-refractivity contribution < 1.29 is 51.4 Å². The van der Waals surface area contributed by atoms with E-state index in [0.29, 0.717) is 26.6 Å². The molecule has 2 atom stereocenters. The molecule has 0 bridgehead atoms. The Morgan fingerprint density at radius 2 is 1.83 bits per heavy atom. The Balaban J connectivity index is 1.50. The van der Waals surface area contributed by atoms with Gasteiger partial charge in [-0.2, -0.15) is 13.2 Å². The van der Waals surface area contributed by atoms with Crippen molar-refractivity contribution in [3.63, 3.8) is 0 Å². The highest BCUT2D eigenvalue weighted by molar-refractivity contribution is 6.06. The molecule has 11 nitrogen and oxygen atoms in total. The molecule has 0 radical (unpaired) electrons. The van der Waals surface area contributed by atoms with Crippen LogP contribution < -0.4 is 10.6 Å². The van der Waals surface area contributed by atoms with Crippen molar-refractivity contribution in [2.45, 2.75) is 50.6 Å². The number of rotatable bonds is 9. The Morgan fingerprint density at radius 1 is 1.14 bits per heavy atom. The second-order valence-electron chi connectivity index (χ2n) is 9.85. The molecule has 224 valence electrons. The number of carbonyl (C=O) groups is 5. The van der Waals surface area contributed by atoms with Crippen LogP contribution in [0.5, 0.6) is 0 Å². The first-order valence-electron chi connectivity index (χ1n) is 12.8. The molecule has 0 aromatic heterocycles. The first-order valence-corrected chi connectivity index (χ1v) is 12.8. The highest BCUT2D eigenvalue weighted by Gasteiger charge is 2.58. The second-order valence-corrected chi connectivity index (χ2v) is 9.85. The summed E-state index contributed by atoms with van der Waals surface area (Å²) in [4.78, 5) is 62.9. The Labute approximate surface area is 236 Å². The van der Waals surface area contributed by atoms with E-state index in [1.54, 1.807) is 6.07 Å². The van der Waals surface area contributed by atoms with E-state index in [1.807, 2.05) is 0 Å². The van der Waals surface area contributed by atoms with E-state index in [0.717, 1.165) is 19.1 Å². The lowest BCUT2D eigenvalue weighted by Gasteiger charge is -2.31. The summed E-state index contributed by atoms with van der Waals surface area (Å²) in [5, 5.41) is 13.6. The molecule has 5 amide bonds. The number of halogens is 4. The zero-order chi connectivity index (χ0) is 30.8. The van der Waals surface area contributed by atoms with Crippen LogP contribution in [0.4, 0.5) is 32.8 Å². The number of imide groups is 1. The molecule has 0 saturated carbocycles. The smallest absolute Gasteiger partial charge is 0.418 e. The Hall–Kier alpha value is -4.69. The minimum absolute atomic E-state index is 0.00407. The summed E-state index contributed by atoms with van der Waals surface area (Å²) in [5.41, 5.74) is -0.403. The fraction of sp³-hybridized carbons (Fsp3) is 0.370. The van der Waals surface area contributed by atoms with Gasteiger partial charge in [0.25, 0.3) is 5.91 Å². The zero-order valence-corrected chi connectivity index (χ0v) is 22.2. The summed E-state index contributed by atoms with van der Waals surface area (Å²) < 4.78 is 59.6. The van der Waals surface area contributed by atoms with Gasteiger partial charge in [0.15, 0.2) is 0 Å². The van der Waals surface area contributed by atoms with Gasteiger partial charge in [-0.1, -0.05) is 18.2 Å². The molecule has 3 N–H and O–H groups in total. The predicted octanol–water partition coefficient (Wildman–Crippen LogP) is 3.52. The standard InChI is InChI=1S/C27H26F4N4O7/c1-15(27(29,30)31)34(13-16-2-4-18(28)5-3-16)21(36)14-35-23(39)26(42-25(35)41)10-8-17-12-19(6-7-20(17)26)33-24(40)32-11-9-22(37)38/h2-7,12,15H,8-11,13-14H2,1H3,(H,37,38)(H2,32,33,40)/t15-,26+/m0/s1. The van der Waals surface area contributed by atoms with Gasteiger partial charge in [0, 0.05) is 30.8 Å². The number of alkyl halides is 3. The minimum atomic E-state index is -4.82. The number of urea groups is 1. The van der Waals surface area contributed by atoms with Gasteiger partial charge in [0.1, 0.15) is 18.4 Å². The van der Waals surface area contributed by atoms with E-state index in [9.17, 15) is 41.5 Å². The SMILES string of the molecule is C[C@H](N(Cc1ccc(F)cc1)C(=O)CN1C(=O)O[C@@]2(CCc3cc(NC(=O)NCCC(=O)O)ccc32)C1=O)C(F)(F)F. The second kappa shape index (κ2) is 11.7. The number of ether oxygens (including phenoxy) is 1. The number of carboxylic acids is 1. The molecule has 42 heavy (non-hydrogen) atoms. The van der Waals surface area contributed by atoms with Gasteiger partial charge in [0.05, 0.1) is 6.42 Å². The molecular formula is C27H26F4N4O7. The van der Waals surface area contributed by atoms with Crippen LogP contribution in [0.2, 0.25) is 0 Å². The first kappa shape index (κ1) is 30.3. The molecule has 1 fully saturated rings. The van der Waals surface area contributed by atoms with Crippen LogP contribution in [0.1, 0.15) is 36.5 Å². The molecule has 0 unspecified atom stereocenters. The summed E-state index contributed by atoms with van der Waals surface area (Å²) >= 11 is 0. The quantitative estimate of drug-likeness (QED) is 0.377. The first-order chi connectivity index (χ1) is 19.7. The van der Waals surface area contributed by atoms with E-state index in [1.165, 1.54) is 24.3 Å². The number of nitrogens with zero attached hydrogens (tertiary/aromatic N) is 2. The van der Waals surface area contributed by atoms with E-state index in [4.69, 9.17) is 9.84 Å². The molecule has 1 spiro atoms. The van der Waals surface area contributed by atoms with E-state index in [-0.39, 0.29) is 31.4 Å². The number of carboxylic acid groups (broad SMARTS) is 1. The zero-order valence-electron chi connectivity index (χ0n) is 22.2. The highest BCUT2D eigenvalue weighted by Crippen LogP contribution is 2.46. The molecular weight excluding hydrogens is 568 g/mol. The number of fused-ring (bicyclic) bond motifs is 2. The molecule has 2 aromatic rings.